The Kier molecular flexibility index (Phi) is 6.26. The summed E-state index contributed by atoms with van der Waals surface area (Å²) in [5.74, 6) is 0.170. The summed E-state index contributed by atoms with van der Waals surface area (Å²) in [6, 6.07) is 6.39. The molecule has 0 bridgehead atoms. The van der Waals surface area contributed by atoms with Crippen LogP contribution in [0.1, 0.15) is 34.7 Å². The molecule has 28 heavy (non-hydrogen) atoms. The van der Waals surface area contributed by atoms with Crippen LogP contribution in [0.5, 0.6) is 5.75 Å². The molecule has 3 rings (SSSR count). The molecule has 1 aliphatic heterocycles. The summed E-state index contributed by atoms with van der Waals surface area (Å²) in [6.07, 6.45) is 1.38. The van der Waals surface area contributed by atoms with Gasteiger partial charge in [-0.2, -0.15) is 0 Å². The fraction of sp³-hybridized carbons (Fsp3) is 0.400. The van der Waals surface area contributed by atoms with Crippen LogP contribution in [0.25, 0.3) is 0 Å². The first kappa shape index (κ1) is 20.2. The van der Waals surface area contributed by atoms with E-state index in [4.69, 9.17) is 20.8 Å². The third-order valence-electron chi connectivity index (χ3n) is 4.89. The number of nitrogens with zero attached hydrogens (tertiary/aromatic N) is 1. The number of anilines is 1. The number of ether oxygens (including phenoxy) is 1. The summed E-state index contributed by atoms with van der Waals surface area (Å²) >= 11 is 5.92. The van der Waals surface area contributed by atoms with E-state index in [2.05, 4.69) is 10.2 Å². The Hall–Kier alpha value is -2.51. The zero-order valence-electron chi connectivity index (χ0n) is 15.8. The number of aromatic hydroxyl groups is 1. The van der Waals surface area contributed by atoms with Crippen LogP contribution in [-0.4, -0.2) is 42.1 Å². The van der Waals surface area contributed by atoms with Crippen molar-refractivity contribution in [3.05, 3.63) is 46.4 Å². The van der Waals surface area contributed by atoms with E-state index in [9.17, 15) is 14.7 Å². The Bertz CT molecular complexity index is 871. The average molecular weight is 407 g/mol. The van der Waals surface area contributed by atoms with E-state index in [1.807, 2.05) is 6.07 Å². The molecule has 1 aromatic heterocycles. The predicted octanol–water partition coefficient (Wildman–Crippen LogP) is 3.58. The van der Waals surface area contributed by atoms with Crippen LogP contribution in [0.4, 0.5) is 5.69 Å². The van der Waals surface area contributed by atoms with Crippen molar-refractivity contribution in [1.29, 1.82) is 0 Å². The maximum Gasteiger partial charge on any atom is 0.374 e. The minimum absolute atomic E-state index is 0.00946. The minimum atomic E-state index is -0.483. The van der Waals surface area contributed by atoms with Gasteiger partial charge in [0.05, 0.1) is 19.3 Å². The van der Waals surface area contributed by atoms with Gasteiger partial charge in [-0.3, -0.25) is 9.69 Å². The molecule has 2 N–H and O–H groups in total. The van der Waals surface area contributed by atoms with Gasteiger partial charge < -0.3 is 19.6 Å². The van der Waals surface area contributed by atoms with E-state index in [1.165, 1.54) is 19.2 Å². The highest BCUT2D eigenvalue weighted by Crippen LogP contribution is 2.28. The molecule has 0 spiro atoms. The number of carbonyl (C=O) groups is 2. The number of hydrogen-bond acceptors (Lipinski definition) is 6. The summed E-state index contributed by atoms with van der Waals surface area (Å²) in [5.41, 5.74) is 1.07. The Morgan fingerprint density at radius 1 is 1.32 bits per heavy atom. The van der Waals surface area contributed by atoms with Gasteiger partial charge in [0, 0.05) is 16.5 Å². The molecule has 150 valence electrons. The summed E-state index contributed by atoms with van der Waals surface area (Å²) in [4.78, 5) is 26.3. The molecule has 0 atom stereocenters. The van der Waals surface area contributed by atoms with Gasteiger partial charge in [0.2, 0.25) is 11.7 Å². The van der Waals surface area contributed by atoms with E-state index < -0.39 is 5.97 Å². The Morgan fingerprint density at radius 2 is 2.04 bits per heavy atom. The molecule has 2 heterocycles. The van der Waals surface area contributed by atoms with Crippen LogP contribution in [0.15, 0.2) is 28.7 Å². The van der Waals surface area contributed by atoms with Crippen LogP contribution in [0.2, 0.25) is 5.02 Å². The molecular weight excluding hydrogens is 384 g/mol. The molecule has 2 aromatic rings. The first-order valence-electron chi connectivity index (χ1n) is 9.06. The zero-order chi connectivity index (χ0) is 20.3. The number of methoxy groups -OCH3 is 1. The topological polar surface area (TPSA) is 92.0 Å². The summed E-state index contributed by atoms with van der Waals surface area (Å²) < 4.78 is 10.3. The molecule has 1 aromatic carbocycles. The maximum atomic E-state index is 12.5. The van der Waals surface area contributed by atoms with Crippen LogP contribution >= 0.6 is 11.6 Å². The number of phenols is 1. The third-order valence-corrected chi connectivity index (χ3v) is 5.13. The molecule has 0 unspecified atom stereocenters. The number of aryl methyl sites for hydroxylation is 1. The van der Waals surface area contributed by atoms with E-state index in [0.717, 1.165) is 18.7 Å². The molecule has 0 radical (unpaired) electrons. The van der Waals surface area contributed by atoms with Crippen LogP contribution < -0.4 is 5.32 Å². The van der Waals surface area contributed by atoms with E-state index in [1.54, 1.807) is 13.0 Å². The second-order valence-corrected chi connectivity index (χ2v) is 7.35. The predicted molar refractivity (Wildman–Crippen MR) is 105 cm³/mol. The van der Waals surface area contributed by atoms with Crippen molar-refractivity contribution >= 4 is 29.2 Å². The number of amides is 1. The molecule has 1 fully saturated rings. The summed E-state index contributed by atoms with van der Waals surface area (Å²) in [6.45, 7) is 3.84. The van der Waals surface area contributed by atoms with Gasteiger partial charge in [0.1, 0.15) is 11.5 Å². The Balaban J connectivity index is 1.53. The largest absolute Gasteiger partial charge is 0.506 e. The molecule has 1 saturated heterocycles. The lowest BCUT2D eigenvalue weighted by atomic mass is 9.95. The monoisotopic (exact) mass is 406 g/mol. The van der Waals surface area contributed by atoms with Gasteiger partial charge in [-0.05, 0) is 57.1 Å². The van der Waals surface area contributed by atoms with Gasteiger partial charge in [0.15, 0.2) is 0 Å². The smallest absolute Gasteiger partial charge is 0.374 e. The first-order valence-corrected chi connectivity index (χ1v) is 9.44. The fourth-order valence-electron chi connectivity index (χ4n) is 3.34. The molecular formula is C20H23ClN2O5. The molecule has 0 saturated carbocycles. The molecule has 8 heteroatoms. The molecule has 1 amide bonds. The number of phenolic OH excluding ortho intramolecular Hbond substituents is 1. The Morgan fingerprint density at radius 3 is 2.71 bits per heavy atom. The lowest BCUT2D eigenvalue weighted by Gasteiger charge is -2.30. The van der Waals surface area contributed by atoms with Gasteiger partial charge in [-0.25, -0.2) is 4.79 Å². The number of halogens is 1. The number of likely N-dealkylation sites (tertiary alicyclic amines) is 1. The van der Waals surface area contributed by atoms with E-state index >= 15 is 0 Å². The maximum absolute atomic E-state index is 12.5. The van der Waals surface area contributed by atoms with Crippen molar-refractivity contribution in [1.82, 2.24) is 4.90 Å². The number of esters is 1. The van der Waals surface area contributed by atoms with Crippen LogP contribution in [0.3, 0.4) is 0 Å². The van der Waals surface area contributed by atoms with Crippen molar-refractivity contribution in [2.45, 2.75) is 26.3 Å². The van der Waals surface area contributed by atoms with Crippen LogP contribution in [-0.2, 0) is 16.1 Å². The second kappa shape index (κ2) is 8.67. The molecule has 1 aliphatic rings. The van der Waals surface area contributed by atoms with E-state index in [0.29, 0.717) is 35.9 Å². The SMILES string of the molecule is COC(=O)c1oc(CN2CCC(C(=O)Nc3cc(Cl)ccc3O)CC2)cc1C. The van der Waals surface area contributed by atoms with Gasteiger partial charge >= 0.3 is 5.97 Å². The summed E-state index contributed by atoms with van der Waals surface area (Å²) in [5, 5.41) is 13.0. The lowest BCUT2D eigenvalue weighted by Crippen LogP contribution is -2.37. The van der Waals surface area contributed by atoms with Crippen molar-refractivity contribution in [3.8, 4) is 5.75 Å². The normalized spacial score (nSPS) is 15.4. The highest BCUT2D eigenvalue weighted by atomic mass is 35.5. The van der Waals surface area contributed by atoms with Crippen molar-refractivity contribution in [2.75, 3.05) is 25.5 Å². The highest BCUT2D eigenvalue weighted by molar-refractivity contribution is 6.31. The summed E-state index contributed by atoms with van der Waals surface area (Å²) in [7, 11) is 1.32. The van der Waals surface area contributed by atoms with Crippen LogP contribution in [0, 0.1) is 12.8 Å². The number of hydrogen-bond donors (Lipinski definition) is 2. The number of nitrogens with one attached hydrogen (secondary N) is 1. The quantitative estimate of drug-likeness (QED) is 0.582. The molecule has 7 nitrogen and oxygen atoms in total. The average Bonchev–Trinajstić information content (AvgIpc) is 3.04. The van der Waals surface area contributed by atoms with E-state index in [-0.39, 0.29) is 23.3 Å². The number of piperidine rings is 1. The fourth-order valence-corrected chi connectivity index (χ4v) is 3.51. The second-order valence-electron chi connectivity index (χ2n) is 6.92. The van der Waals surface area contributed by atoms with Crippen molar-refractivity contribution < 1.29 is 23.8 Å². The van der Waals surface area contributed by atoms with Gasteiger partial charge in [-0.1, -0.05) is 11.6 Å². The Labute approximate surface area is 168 Å². The standard InChI is InChI=1S/C20H23ClN2O5/c1-12-9-15(28-18(12)20(26)27-2)11-23-7-5-13(6-8-23)19(25)22-16-10-14(21)3-4-17(16)24/h3-4,9-10,13,24H,5-8,11H2,1-2H3,(H,22,25). The number of benzene rings is 1. The zero-order valence-corrected chi connectivity index (χ0v) is 16.6. The first-order chi connectivity index (χ1) is 13.4. The van der Waals surface area contributed by atoms with Crippen molar-refractivity contribution in [2.24, 2.45) is 5.92 Å². The number of rotatable bonds is 5. The third kappa shape index (κ3) is 4.66. The number of furan rings is 1. The minimum Gasteiger partial charge on any atom is -0.506 e. The molecule has 0 aliphatic carbocycles. The van der Waals surface area contributed by atoms with Gasteiger partial charge in [-0.15, -0.1) is 0 Å². The number of carbonyl (C=O) groups excluding carboxylic acids is 2. The lowest BCUT2D eigenvalue weighted by molar-refractivity contribution is -0.121. The highest BCUT2D eigenvalue weighted by Gasteiger charge is 2.26. The van der Waals surface area contributed by atoms with Crippen molar-refractivity contribution in [3.63, 3.8) is 0 Å². The van der Waals surface area contributed by atoms with Gasteiger partial charge in [0.25, 0.3) is 0 Å².